The molecule has 0 aliphatic rings. The molecule has 3 rings (SSSR count). The Morgan fingerprint density at radius 1 is 1.08 bits per heavy atom. The van der Waals surface area contributed by atoms with Gasteiger partial charge in [-0.25, -0.2) is 14.5 Å². The molecule has 37 heavy (non-hydrogen) atoms. The maximum absolute atomic E-state index is 13.1. The molecule has 0 saturated heterocycles. The van der Waals surface area contributed by atoms with Crippen LogP contribution in [0.3, 0.4) is 0 Å². The van der Waals surface area contributed by atoms with Crippen molar-refractivity contribution < 1.29 is 23.9 Å². The van der Waals surface area contributed by atoms with E-state index >= 15 is 0 Å². The van der Waals surface area contributed by atoms with Gasteiger partial charge in [0.25, 0.3) is 5.91 Å². The Kier molecular flexibility index (Phi) is 8.94. The van der Waals surface area contributed by atoms with E-state index in [0.29, 0.717) is 22.6 Å². The minimum Gasteiger partial charge on any atom is -0.462 e. The number of amides is 1. The van der Waals surface area contributed by atoms with Gasteiger partial charge in [-0.1, -0.05) is 35.3 Å². The molecular formula is C26H28Cl2N4O5. The number of halogens is 2. The van der Waals surface area contributed by atoms with Crippen molar-refractivity contribution >= 4 is 41.0 Å². The monoisotopic (exact) mass is 546 g/mol. The average Bonchev–Trinajstić information content (AvgIpc) is 3.24. The van der Waals surface area contributed by atoms with Gasteiger partial charge < -0.3 is 14.8 Å². The van der Waals surface area contributed by atoms with Crippen LogP contribution in [0.5, 0.6) is 0 Å². The van der Waals surface area contributed by atoms with Crippen LogP contribution in [0.2, 0.25) is 10.0 Å². The Hall–Kier alpha value is -3.43. The number of nitrogens with one attached hydrogen (secondary N) is 1. The van der Waals surface area contributed by atoms with Gasteiger partial charge in [-0.3, -0.25) is 9.59 Å². The Morgan fingerprint density at radius 3 is 2.22 bits per heavy atom. The number of aryl methyl sites for hydroxylation is 1. The summed E-state index contributed by atoms with van der Waals surface area (Å²) in [6.45, 7) is 8.87. The molecule has 196 valence electrons. The molecule has 0 radical (unpaired) electrons. The third-order valence-corrected chi connectivity index (χ3v) is 5.70. The van der Waals surface area contributed by atoms with E-state index in [2.05, 4.69) is 15.4 Å². The van der Waals surface area contributed by atoms with E-state index < -0.39 is 29.4 Å². The number of carbonyl (C=O) groups is 3. The van der Waals surface area contributed by atoms with Crippen LogP contribution in [0.25, 0.3) is 5.69 Å². The zero-order chi connectivity index (χ0) is 27.3. The number of carbonyl (C=O) groups excluding carboxylic acids is 3. The van der Waals surface area contributed by atoms with Gasteiger partial charge in [-0.05, 0) is 64.4 Å². The fourth-order valence-corrected chi connectivity index (χ4v) is 4.09. The largest absolute Gasteiger partial charge is 0.462 e. The normalized spacial score (nSPS) is 12.1. The van der Waals surface area contributed by atoms with Gasteiger partial charge in [-0.2, -0.15) is 5.10 Å². The van der Waals surface area contributed by atoms with E-state index in [1.807, 2.05) is 0 Å². The molecule has 0 saturated carbocycles. The zero-order valence-corrected chi connectivity index (χ0v) is 22.7. The Labute approximate surface area is 225 Å². The molecule has 9 nitrogen and oxygen atoms in total. The van der Waals surface area contributed by atoms with Crippen LogP contribution < -0.4 is 5.32 Å². The van der Waals surface area contributed by atoms with Crippen LogP contribution in [0.4, 0.5) is 0 Å². The number of esters is 2. The third-order valence-electron chi connectivity index (χ3n) is 5.11. The van der Waals surface area contributed by atoms with E-state index in [4.69, 9.17) is 32.7 Å². The molecule has 0 spiro atoms. The van der Waals surface area contributed by atoms with Crippen molar-refractivity contribution in [3.05, 3.63) is 75.3 Å². The summed E-state index contributed by atoms with van der Waals surface area (Å²) in [4.78, 5) is 42.2. The second-order valence-corrected chi connectivity index (χ2v) is 9.97. The third kappa shape index (κ3) is 7.30. The van der Waals surface area contributed by atoms with Gasteiger partial charge in [0.2, 0.25) is 0 Å². The zero-order valence-electron chi connectivity index (χ0n) is 21.2. The SMILES string of the molecule is CCOC(=O)c1ccc(C(CNC(=O)c2c(Cl)cc(-n3cnc(C)n3)cc2Cl)C(=O)OC(C)(C)C)cc1. The van der Waals surface area contributed by atoms with Crippen LogP contribution in [-0.2, 0) is 14.3 Å². The van der Waals surface area contributed by atoms with Crippen molar-refractivity contribution in [2.45, 2.75) is 46.1 Å². The maximum Gasteiger partial charge on any atom is 0.338 e. The standard InChI is InChI=1S/C26H28Cl2N4O5/c1-6-36-24(34)17-9-7-16(8-10-17)19(25(35)37-26(3,4)5)13-29-23(33)22-20(27)11-18(12-21(22)28)32-14-30-15(2)31-32/h7-12,14,19H,6,13H2,1-5H3,(H,29,33). The molecular weight excluding hydrogens is 519 g/mol. The van der Waals surface area contributed by atoms with Crippen molar-refractivity contribution in [1.82, 2.24) is 20.1 Å². The number of hydrogen-bond donors (Lipinski definition) is 1. The van der Waals surface area contributed by atoms with Crippen molar-refractivity contribution in [1.29, 1.82) is 0 Å². The van der Waals surface area contributed by atoms with Crippen LogP contribution in [-0.4, -0.2) is 51.4 Å². The molecule has 1 aromatic heterocycles. The second kappa shape index (κ2) is 11.7. The summed E-state index contributed by atoms with van der Waals surface area (Å²) in [7, 11) is 0. The van der Waals surface area contributed by atoms with Gasteiger partial charge >= 0.3 is 11.9 Å². The molecule has 0 fully saturated rings. The average molecular weight is 547 g/mol. The molecule has 1 atom stereocenters. The predicted molar refractivity (Wildman–Crippen MR) is 139 cm³/mol. The lowest BCUT2D eigenvalue weighted by Crippen LogP contribution is -2.35. The van der Waals surface area contributed by atoms with Gasteiger partial charge in [0.05, 0.1) is 39.4 Å². The van der Waals surface area contributed by atoms with Gasteiger partial charge in [0, 0.05) is 6.54 Å². The quantitative estimate of drug-likeness (QED) is 0.399. The summed E-state index contributed by atoms with van der Waals surface area (Å²) in [5.41, 5.74) is 0.757. The summed E-state index contributed by atoms with van der Waals surface area (Å²) < 4.78 is 12.1. The van der Waals surface area contributed by atoms with Gasteiger partial charge in [0.15, 0.2) is 0 Å². The minimum atomic E-state index is -0.852. The highest BCUT2D eigenvalue weighted by molar-refractivity contribution is 6.40. The molecule has 0 aliphatic heterocycles. The van der Waals surface area contributed by atoms with E-state index in [0.717, 1.165) is 0 Å². The second-order valence-electron chi connectivity index (χ2n) is 9.16. The molecule has 0 bridgehead atoms. The molecule has 1 amide bonds. The molecule has 11 heteroatoms. The van der Waals surface area contributed by atoms with E-state index in [9.17, 15) is 14.4 Å². The summed E-state index contributed by atoms with van der Waals surface area (Å²) in [6, 6.07) is 9.48. The molecule has 1 heterocycles. The first-order chi connectivity index (χ1) is 17.4. The van der Waals surface area contributed by atoms with Crippen LogP contribution in [0.15, 0.2) is 42.7 Å². The van der Waals surface area contributed by atoms with Gasteiger partial charge in [-0.15, -0.1) is 0 Å². The van der Waals surface area contributed by atoms with Crippen molar-refractivity contribution in [3.8, 4) is 5.69 Å². The van der Waals surface area contributed by atoms with Crippen molar-refractivity contribution in [2.24, 2.45) is 0 Å². The van der Waals surface area contributed by atoms with Crippen LogP contribution in [0, 0.1) is 6.92 Å². The Morgan fingerprint density at radius 2 is 1.70 bits per heavy atom. The smallest absolute Gasteiger partial charge is 0.338 e. The van der Waals surface area contributed by atoms with E-state index in [-0.39, 0.29) is 28.8 Å². The van der Waals surface area contributed by atoms with Crippen LogP contribution >= 0.6 is 23.2 Å². The highest BCUT2D eigenvalue weighted by Crippen LogP contribution is 2.29. The first kappa shape index (κ1) is 28.1. The lowest BCUT2D eigenvalue weighted by Gasteiger charge is -2.24. The molecule has 2 aromatic carbocycles. The van der Waals surface area contributed by atoms with Crippen molar-refractivity contribution in [3.63, 3.8) is 0 Å². The maximum atomic E-state index is 13.1. The topological polar surface area (TPSA) is 112 Å². The number of hydrogen-bond acceptors (Lipinski definition) is 7. The summed E-state index contributed by atoms with van der Waals surface area (Å²) in [6.07, 6.45) is 1.51. The lowest BCUT2D eigenvalue weighted by molar-refractivity contribution is -0.156. The Balaban J connectivity index is 1.83. The molecule has 1 unspecified atom stereocenters. The Bertz CT molecular complexity index is 1280. The summed E-state index contributed by atoms with van der Waals surface area (Å²) in [5, 5.41) is 7.17. The fourth-order valence-electron chi connectivity index (χ4n) is 3.44. The number of aromatic nitrogens is 3. The highest BCUT2D eigenvalue weighted by Gasteiger charge is 2.28. The minimum absolute atomic E-state index is 0.0597. The van der Waals surface area contributed by atoms with E-state index in [1.54, 1.807) is 71.0 Å². The number of nitrogens with zero attached hydrogens (tertiary/aromatic N) is 3. The number of benzene rings is 2. The van der Waals surface area contributed by atoms with Gasteiger partial charge in [0.1, 0.15) is 17.8 Å². The van der Waals surface area contributed by atoms with E-state index in [1.165, 1.54) is 11.0 Å². The molecule has 1 N–H and O–H groups in total. The first-order valence-corrected chi connectivity index (χ1v) is 12.3. The molecule has 0 aliphatic carbocycles. The molecule has 3 aromatic rings. The van der Waals surface area contributed by atoms with Crippen LogP contribution in [0.1, 0.15) is 65.7 Å². The van der Waals surface area contributed by atoms with Crippen molar-refractivity contribution in [2.75, 3.05) is 13.2 Å². The lowest BCUT2D eigenvalue weighted by atomic mass is 9.97. The first-order valence-electron chi connectivity index (χ1n) is 11.6. The fraction of sp³-hybridized carbons (Fsp3) is 0.346. The number of rotatable bonds is 8. The summed E-state index contributed by atoms with van der Waals surface area (Å²) in [5.74, 6) is -1.85. The highest BCUT2D eigenvalue weighted by atomic mass is 35.5. The summed E-state index contributed by atoms with van der Waals surface area (Å²) >= 11 is 12.8. The predicted octanol–water partition coefficient (Wildman–Crippen LogP) is 4.91. The number of ether oxygens (including phenoxy) is 2.